The molecule has 0 saturated carbocycles. The van der Waals surface area contributed by atoms with Gasteiger partial charge in [-0.2, -0.15) is 0 Å². The van der Waals surface area contributed by atoms with Crippen LogP contribution in [0, 0.1) is 0 Å². The summed E-state index contributed by atoms with van der Waals surface area (Å²) in [5, 5.41) is 2.68. The van der Waals surface area contributed by atoms with Gasteiger partial charge in [0, 0.05) is 0 Å². The van der Waals surface area contributed by atoms with E-state index in [1.54, 1.807) is 30.3 Å². The standard InChI is InChI=1S/C28H26N2O3S/c1-2-3-5-8-20-11-13-21(14-12-20)19-25-26(31)29-28(34)30(27(25)32)22-15-17-24(18-16-22)33-23-9-6-4-7-10-23/h4,6-7,9-19H,2-3,5,8H2,1H3,(H,29,31,34)/b25-19+. The van der Waals surface area contributed by atoms with E-state index < -0.39 is 11.8 Å². The molecule has 172 valence electrons. The number of ether oxygens (including phenoxy) is 1. The Bertz CT molecular complexity index is 1200. The maximum atomic E-state index is 13.2. The summed E-state index contributed by atoms with van der Waals surface area (Å²) in [5.41, 5.74) is 2.62. The highest BCUT2D eigenvalue weighted by Gasteiger charge is 2.34. The van der Waals surface area contributed by atoms with Crippen molar-refractivity contribution in [2.75, 3.05) is 4.90 Å². The zero-order chi connectivity index (χ0) is 23.9. The number of amides is 2. The van der Waals surface area contributed by atoms with E-state index in [0.717, 1.165) is 18.4 Å². The Morgan fingerprint density at radius 1 is 0.882 bits per heavy atom. The van der Waals surface area contributed by atoms with Crippen LogP contribution in [0.15, 0.2) is 84.4 Å². The molecule has 0 atom stereocenters. The van der Waals surface area contributed by atoms with Crippen molar-refractivity contribution in [1.29, 1.82) is 0 Å². The fraction of sp³-hybridized carbons (Fsp3) is 0.179. The molecular formula is C28H26N2O3S. The van der Waals surface area contributed by atoms with Crippen molar-refractivity contribution in [1.82, 2.24) is 5.32 Å². The van der Waals surface area contributed by atoms with Gasteiger partial charge in [0.25, 0.3) is 11.8 Å². The zero-order valence-electron chi connectivity index (χ0n) is 19.0. The maximum absolute atomic E-state index is 13.2. The van der Waals surface area contributed by atoms with Gasteiger partial charge >= 0.3 is 0 Å². The number of thiocarbonyl (C=S) groups is 1. The van der Waals surface area contributed by atoms with Gasteiger partial charge in [-0.25, -0.2) is 0 Å². The lowest BCUT2D eigenvalue weighted by molar-refractivity contribution is -0.122. The topological polar surface area (TPSA) is 58.6 Å². The molecule has 1 aliphatic rings. The third kappa shape index (κ3) is 5.58. The predicted octanol–water partition coefficient (Wildman–Crippen LogP) is 6.04. The molecule has 34 heavy (non-hydrogen) atoms. The van der Waals surface area contributed by atoms with Gasteiger partial charge in [0.15, 0.2) is 5.11 Å². The quantitative estimate of drug-likeness (QED) is 0.189. The van der Waals surface area contributed by atoms with Gasteiger partial charge in [0.1, 0.15) is 17.1 Å². The largest absolute Gasteiger partial charge is 0.457 e. The van der Waals surface area contributed by atoms with Crippen LogP contribution in [-0.2, 0) is 16.0 Å². The van der Waals surface area contributed by atoms with Crippen molar-refractivity contribution in [3.8, 4) is 11.5 Å². The van der Waals surface area contributed by atoms with Gasteiger partial charge in [-0.15, -0.1) is 0 Å². The molecule has 3 aromatic rings. The molecule has 1 saturated heterocycles. The third-order valence-corrected chi connectivity index (χ3v) is 5.82. The molecule has 0 aromatic heterocycles. The van der Waals surface area contributed by atoms with E-state index in [2.05, 4.69) is 12.2 Å². The average Bonchev–Trinajstić information content (AvgIpc) is 2.84. The van der Waals surface area contributed by atoms with Crippen molar-refractivity contribution in [3.05, 3.63) is 95.6 Å². The molecule has 0 radical (unpaired) electrons. The van der Waals surface area contributed by atoms with E-state index >= 15 is 0 Å². The summed E-state index contributed by atoms with van der Waals surface area (Å²) in [7, 11) is 0. The molecule has 1 N–H and O–H groups in total. The van der Waals surface area contributed by atoms with Crippen LogP contribution in [0.3, 0.4) is 0 Å². The van der Waals surface area contributed by atoms with E-state index in [4.69, 9.17) is 17.0 Å². The van der Waals surface area contributed by atoms with Gasteiger partial charge in [-0.1, -0.05) is 62.2 Å². The van der Waals surface area contributed by atoms with Gasteiger partial charge in [0.05, 0.1) is 5.69 Å². The first kappa shape index (κ1) is 23.4. The van der Waals surface area contributed by atoms with Crippen LogP contribution >= 0.6 is 12.2 Å². The van der Waals surface area contributed by atoms with Gasteiger partial charge in [-0.3, -0.25) is 19.8 Å². The number of para-hydroxylation sites is 1. The highest BCUT2D eigenvalue weighted by molar-refractivity contribution is 7.80. The van der Waals surface area contributed by atoms with E-state index in [-0.39, 0.29) is 10.7 Å². The molecule has 1 heterocycles. The molecule has 0 bridgehead atoms. The van der Waals surface area contributed by atoms with E-state index in [0.29, 0.717) is 17.2 Å². The predicted molar refractivity (Wildman–Crippen MR) is 139 cm³/mol. The summed E-state index contributed by atoms with van der Waals surface area (Å²) in [6.07, 6.45) is 6.17. The van der Waals surface area contributed by atoms with Gasteiger partial charge in [-0.05, 0) is 78.7 Å². The fourth-order valence-electron chi connectivity index (χ4n) is 3.71. The number of aryl methyl sites for hydroxylation is 1. The second-order valence-corrected chi connectivity index (χ2v) is 8.45. The number of rotatable bonds is 8. The summed E-state index contributed by atoms with van der Waals surface area (Å²) >= 11 is 5.30. The van der Waals surface area contributed by atoms with Crippen LogP contribution in [-0.4, -0.2) is 16.9 Å². The average molecular weight is 471 g/mol. The Morgan fingerprint density at radius 3 is 2.24 bits per heavy atom. The van der Waals surface area contributed by atoms with Crippen molar-refractivity contribution in [3.63, 3.8) is 0 Å². The Labute approximate surface area is 205 Å². The van der Waals surface area contributed by atoms with Crippen molar-refractivity contribution in [2.45, 2.75) is 32.6 Å². The smallest absolute Gasteiger partial charge is 0.270 e. The lowest BCUT2D eigenvalue weighted by atomic mass is 10.0. The molecule has 1 fully saturated rings. The maximum Gasteiger partial charge on any atom is 0.270 e. The van der Waals surface area contributed by atoms with Gasteiger partial charge in [0.2, 0.25) is 0 Å². The zero-order valence-corrected chi connectivity index (χ0v) is 19.8. The monoisotopic (exact) mass is 470 g/mol. The molecule has 0 spiro atoms. The second kappa shape index (κ2) is 10.9. The van der Waals surface area contributed by atoms with Crippen molar-refractivity contribution in [2.24, 2.45) is 0 Å². The Morgan fingerprint density at radius 2 is 1.56 bits per heavy atom. The summed E-state index contributed by atoms with van der Waals surface area (Å²) in [6, 6.07) is 24.4. The number of hydrogen-bond donors (Lipinski definition) is 1. The van der Waals surface area contributed by atoms with E-state index in [1.807, 2.05) is 54.6 Å². The van der Waals surface area contributed by atoms with Crippen LogP contribution in [0.1, 0.15) is 37.3 Å². The number of carbonyl (C=O) groups is 2. The number of hydrogen-bond acceptors (Lipinski definition) is 4. The number of nitrogens with one attached hydrogen (secondary N) is 1. The first-order chi connectivity index (χ1) is 16.5. The SMILES string of the molecule is CCCCCc1ccc(/C=C2\C(=O)NC(=S)N(c3ccc(Oc4ccccc4)cc3)C2=O)cc1. The van der Waals surface area contributed by atoms with E-state index in [1.165, 1.54) is 23.3 Å². The molecule has 1 aliphatic heterocycles. The van der Waals surface area contributed by atoms with Crippen LogP contribution in [0.2, 0.25) is 0 Å². The summed E-state index contributed by atoms with van der Waals surface area (Å²) in [6.45, 7) is 2.18. The molecular weight excluding hydrogens is 444 g/mol. The number of carbonyl (C=O) groups excluding carboxylic acids is 2. The lowest BCUT2D eigenvalue weighted by Gasteiger charge is -2.29. The normalized spacial score (nSPS) is 14.9. The number of nitrogens with zero attached hydrogens (tertiary/aromatic N) is 1. The minimum absolute atomic E-state index is 0.0388. The fourth-order valence-corrected chi connectivity index (χ4v) is 3.99. The summed E-state index contributed by atoms with van der Waals surface area (Å²) in [5.74, 6) is 0.387. The highest BCUT2D eigenvalue weighted by atomic mass is 32.1. The van der Waals surface area contributed by atoms with Crippen molar-refractivity contribution < 1.29 is 14.3 Å². The minimum Gasteiger partial charge on any atom is -0.457 e. The Hall–Kier alpha value is -3.77. The molecule has 6 heteroatoms. The molecule has 4 rings (SSSR count). The van der Waals surface area contributed by atoms with Crippen molar-refractivity contribution >= 4 is 40.9 Å². The number of benzene rings is 3. The number of unbranched alkanes of at least 4 members (excludes halogenated alkanes) is 2. The second-order valence-electron chi connectivity index (χ2n) is 8.07. The Balaban J connectivity index is 1.51. The summed E-state index contributed by atoms with van der Waals surface area (Å²) in [4.78, 5) is 27.1. The van der Waals surface area contributed by atoms with Crippen LogP contribution < -0.4 is 15.0 Å². The first-order valence-electron chi connectivity index (χ1n) is 11.4. The first-order valence-corrected chi connectivity index (χ1v) is 11.8. The van der Waals surface area contributed by atoms with Crippen LogP contribution in [0.4, 0.5) is 5.69 Å². The molecule has 0 aliphatic carbocycles. The molecule has 3 aromatic carbocycles. The van der Waals surface area contributed by atoms with Gasteiger partial charge < -0.3 is 4.74 Å². The number of anilines is 1. The highest BCUT2D eigenvalue weighted by Crippen LogP contribution is 2.27. The lowest BCUT2D eigenvalue weighted by Crippen LogP contribution is -2.54. The summed E-state index contributed by atoms with van der Waals surface area (Å²) < 4.78 is 5.81. The Kier molecular flexibility index (Phi) is 7.50. The minimum atomic E-state index is -0.498. The van der Waals surface area contributed by atoms with E-state index in [9.17, 15) is 9.59 Å². The molecule has 2 amide bonds. The van der Waals surface area contributed by atoms with Crippen LogP contribution in [0.25, 0.3) is 6.08 Å². The van der Waals surface area contributed by atoms with Crippen LogP contribution in [0.5, 0.6) is 11.5 Å². The third-order valence-electron chi connectivity index (χ3n) is 5.54. The molecule has 0 unspecified atom stereocenters. The molecule has 5 nitrogen and oxygen atoms in total.